The fourth-order valence-electron chi connectivity index (χ4n) is 7.11. The van der Waals surface area contributed by atoms with Crippen molar-refractivity contribution in [3.63, 3.8) is 0 Å². The van der Waals surface area contributed by atoms with Gasteiger partial charge in [-0.2, -0.15) is 26.3 Å². The first kappa shape index (κ1) is 41.3. The van der Waals surface area contributed by atoms with Crippen LogP contribution in [0.1, 0.15) is 83.3 Å². The van der Waals surface area contributed by atoms with Crippen LogP contribution in [-0.4, -0.2) is 91.1 Å². The number of Topliss-reactive ketones (excluding diaryl/α,β-unsaturated/α-hetero) is 1. The summed E-state index contributed by atoms with van der Waals surface area (Å²) in [6.45, 7) is 3.24. The van der Waals surface area contributed by atoms with Gasteiger partial charge < -0.3 is 19.7 Å². The molecule has 298 valence electrons. The third-order valence-corrected chi connectivity index (χ3v) is 11.2. The minimum Gasteiger partial charge on any atom is -0.444 e. The second-order valence-corrected chi connectivity index (χ2v) is 17.1. The van der Waals surface area contributed by atoms with Gasteiger partial charge in [-0.3, -0.25) is 19.3 Å². The molecule has 3 aliphatic heterocycles. The first-order valence-electron chi connectivity index (χ1n) is 17.8. The van der Waals surface area contributed by atoms with Crippen molar-refractivity contribution in [3.8, 4) is 0 Å². The van der Waals surface area contributed by atoms with Crippen LogP contribution in [0.25, 0.3) is 0 Å². The number of hydrogen-bond donors (Lipinski definition) is 3. The lowest BCUT2D eigenvalue weighted by molar-refractivity contribution is -0.140. The van der Waals surface area contributed by atoms with Crippen molar-refractivity contribution >= 4 is 51.6 Å². The molecule has 1 aliphatic carbocycles. The number of alkyl carbamates (subject to hydrolysis) is 1. The van der Waals surface area contributed by atoms with E-state index in [9.17, 15) is 45.6 Å². The maximum absolute atomic E-state index is 14.3. The highest BCUT2D eigenvalue weighted by Gasteiger charge is 2.61. The number of carbonyl (C=O) groups excluding carboxylic acids is 5. The number of fused-ring (bicyclic) bond motifs is 3. The number of ketones is 1. The summed E-state index contributed by atoms with van der Waals surface area (Å²) in [7, 11) is -4.96. The van der Waals surface area contributed by atoms with E-state index in [-0.39, 0.29) is 38.9 Å². The van der Waals surface area contributed by atoms with Crippen LogP contribution in [0.5, 0.6) is 0 Å². The average Bonchev–Trinajstić information content (AvgIpc) is 3.36. The predicted molar refractivity (Wildman–Crippen MR) is 188 cm³/mol. The Hall–Kier alpha value is -3.90. The molecule has 1 aromatic carbocycles. The quantitative estimate of drug-likeness (QED) is 0.345. The summed E-state index contributed by atoms with van der Waals surface area (Å²) in [6.07, 6.45) is -2.07. The minimum atomic E-state index is -4.96. The van der Waals surface area contributed by atoms with Crippen LogP contribution in [0.2, 0.25) is 5.02 Å². The molecule has 0 bridgehead atoms. The first-order chi connectivity index (χ1) is 25.2. The SMILES string of the molecule is CC(C)(C)OC(=O)N[C@@H]1CCCCC/C=C\[C@H]2C[C@@]2(C(=O)NS(=O)(=O)NCC(F)(F)F)CC(=O)C2C[C@H](OC(=O)N3Cc4cccc(Cl)c4C3)CN2C1=O. The summed E-state index contributed by atoms with van der Waals surface area (Å²) in [4.78, 5) is 71.0. The zero-order valence-corrected chi connectivity index (χ0v) is 31.7. The number of amides is 4. The molecule has 3 heterocycles. The molecule has 0 aromatic heterocycles. The average molecular weight is 804 g/mol. The molecule has 0 spiro atoms. The van der Waals surface area contributed by atoms with E-state index in [0.29, 0.717) is 30.7 Å². The standard InChI is InChI=1S/C35H45ClF3N5O9S/c1-33(2,3)53-31(48)41-26-13-8-6-4-5-7-11-22-15-34(22,30(47)42-54(50,51)40-20-35(37,38)39)16-28(45)27-14-23(18-44(27)29(26)46)52-32(49)43-17-21-10-9-12-25(36)24(21)19-43/h7,9-12,22-23,26-27,40H,4-6,8,13-20H2,1-3H3,(H,41,48)(H,42,47)/b11-7-/t22-,23-,26+,27?,34+/m0/s1. The van der Waals surface area contributed by atoms with Crippen LogP contribution in [-0.2, 0) is 47.2 Å². The summed E-state index contributed by atoms with van der Waals surface area (Å²) in [6, 6.07) is 2.91. The van der Waals surface area contributed by atoms with Crippen LogP contribution in [0.15, 0.2) is 30.4 Å². The smallest absolute Gasteiger partial charge is 0.410 e. The Kier molecular flexibility index (Phi) is 12.3. The van der Waals surface area contributed by atoms with Gasteiger partial charge in [-0.05, 0) is 69.6 Å². The maximum atomic E-state index is 14.3. The van der Waals surface area contributed by atoms with Crippen molar-refractivity contribution in [1.29, 1.82) is 0 Å². The highest BCUT2D eigenvalue weighted by molar-refractivity contribution is 7.88. The van der Waals surface area contributed by atoms with E-state index in [1.807, 2.05) is 6.07 Å². The van der Waals surface area contributed by atoms with Crippen molar-refractivity contribution in [2.45, 2.75) is 115 Å². The van der Waals surface area contributed by atoms with Gasteiger partial charge in [0.05, 0.1) is 24.5 Å². The van der Waals surface area contributed by atoms with E-state index in [1.54, 1.807) is 49.8 Å². The van der Waals surface area contributed by atoms with Crippen molar-refractivity contribution in [2.24, 2.45) is 11.3 Å². The van der Waals surface area contributed by atoms with Gasteiger partial charge >= 0.3 is 28.6 Å². The number of nitrogens with zero attached hydrogens (tertiary/aromatic N) is 2. The third kappa shape index (κ3) is 10.4. The Morgan fingerprint density at radius 3 is 2.50 bits per heavy atom. The molecule has 0 radical (unpaired) electrons. The number of benzene rings is 1. The van der Waals surface area contributed by atoms with Crippen molar-refractivity contribution in [3.05, 3.63) is 46.5 Å². The lowest BCUT2D eigenvalue weighted by Crippen LogP contribution is -2.53. The Balaban J connectivity index is 1.40. The lowest BCUT2D eigenvalue weighted by atomic mass is 9.91. The lowest BCUT2D eigenvalue weighted by Gasteiger charge is -2.30. The molecular formula is C35H45ClF3N5O9S. The van der Waals surface area contributed by atoms with Crippen LogP contribution in [0.4, 0.5) is 22.8 Å². The molecule has 4 amide bonds. The van der Waals surface area contributed by atoms with Gasteiger partial charge in [0.2, 0.25) is 11.8 Å². The molecule has 1 saturated heterocycles. The third-order valence-electron chi connectivity index (χ3n) is 9.86. The number of rotatable bonds is 6. The highest BCUT2D eigenvalue weighted by atomic mass is 35.5. The van der Waals surface area contributed by atoms with Crippen LogP contribution < -0.4 is 14.8 Å². The number of nitrogens with one attached hydrogen (secondary N) is 3. The Labute approximate surface area is 316 Å². The monoisotopic (exact) mass is 803 g/mol. The zero-order chi connectivity index (χ0) is 39.6. The second kappa shape index (κ2) is 16.1. The van der Waals surface area contributed by atoms with Gasteiger partial charge in [0.15, 0.2) is 5.78 Å². The molecular weight excluding hydrogens is 759 g/mol. The molecule has 2 fully saturated rings. The Morgan fingerprint density at radius 2 is 1.81 bits per heavy atom. The zero-order valence-electron chi connectivity index (χ0n) is 30.2. The van der Waals surface area contributed by atoms with E-state index in [1.165, 1.54) is 14.5 Å². The van der Waals surface area contributed by atoms with E-state index < -0.39 is 94.3 Å². The van der Waals surface area contributed by atoms with Crippen molar-refractivity contribution < 1.29 is 55.0 Å². The normalized spacial score (nSPS) is 27.1. The predicted octanol–water partition coefficient (Wildman–Crippen LogP) is 4.65. The number of halogens is 4. The van der Waals surface area contributed by atoms with Gasteiger partial charge in [0, 0.05) is 24.4 Å². The minimum absolute atomic E-state index is 0.0237. The number of ether oxygens (including phenoxy) is 2. The molecule has 3 N–H and O–H groups in total. The van der Waals surface area contributed by atoms with Crippen molar-refractivity contribution in [2.75, 3.05) is 13.1 Å². The fraction of sp³-hybridized carbons (Fsp3) is 0.629. The molecule has 54 heavy (non-hydrogen) atoms. The molecule has 14 nitrogen and oxygen atoms in total. The van der Waals surface area contributed by atoms with Crippen molar-refractivity contribution in [1.82, 2.24) is 24.6 Å². The highest BCUT2D eigenvalue weighted by Crippen LogP contribution is 2.57. The largest absolute Gasteiger partial charge is 0.444 e. The summed E-state index contributed by atoms with van der Waals surface area (Å²) in [5, 5.41) is 3.12. The molecule has 19 heteroatoms. The number of hydrogen-bond acceptors (Lipinski definition) is 9. The second-order valence-electron chi connectivity index (χ2n) is 15.2. The molecule has 1 saturated carbocycles. The summed E-state index contributed by atoms with van der Waals surface area (Å²) in [5.74, 6) is -3.08. The molecule has 1 unspecified atom stereocenters. The molecule has 5 atom stereocenters. The summed E-state index contributed by atoms with van der Waals surface area (Å²) in [5.41, 5.74) is -0.912. The summed E-state index contributed by atoms with van der Waals surface area (Å²) < 4.78 is 77.4. The van der Waals surface area contributed by atoms with Crippen LogP contribution in [0, 0.1) is 11.3 Å². The van der Waals surface area contributed by atoms with Crippen LogP contribution in [0.3, 0.4) is 0 Å². The first-order valence-corrected chi connectivity index (χ1v) is 19.6. The van der Waals surface area contributed by atoms with E-state index in [2.05, 4.69) is 5.32 Å². The Bertz CT molecular complexity index is 1790. The fourth-order valence-corrected chi connectivity index (χ4v) is 8.24. The molecule has 1 aromatic rings. The van der Waals surface area contributed by atoms with Gasteiger partial charge in [-0.1, -0.05) is 48.7 Å². The molecule has 4 aliphatic rings. The topological polar surface area (TPSA) is 181 Å². The van der Waals surface area contributed by atoms with Gasteiger partial charge in [-0.15, -0.1) is 0 Å². The van der Waals surface area contributed by atoms with Gasteiger partial charge in [0.25, 0.3) is 0 Å². The number of allylic oxidation sites excluding steroid dienone is 2. The van der Waals surface area contributed by atoms with Crippen LogP contribution >= 0.6 is 11.6 Å². The molecule has 5 rings (SSSR count). The number of alkyl halides is 3. The van der Waals surface area contributed by atoms with Gasteiger partial charge in [0.1, 0.15) is 24.3 Å². The van der Waals surface area contributed by atoms with E-state index in [0.717, 1.165) is 11.1 Å². The van der Waals surface area contributed by atoms with E-state index >= 15 is 0 Å². The maximum Gasteiger partial charge on any atom is 0.410 e. The van der Waals surface area contributed by atoms with Gasteiger partial charge in [-0.25, -0.2) is 14.3 Å². The summed E-state index contributed by atoms with van der Waals surface area (Å²) >= 11 is 6.32. The number of carbonyl (C=O) groups is 5. The Morgan fingerprint density at radius 1 is 1.07 bits per heavy atom. The van der Waals surface area contributed by atoms with E-state index in [4.69, 9.17) is 21.1 Å².